The normalized spacial score (nSPS) is 34.9. The zero-order valence-corrected chi connectivity index (χ0v) is 10.6. The second kappa shape index (κ2) is 6.02. The highest BCUT2D eigenvalue weighted by Crippen LogP contribution is 2.27. The van der Waals surface area contributed by atoms with E-state index in [2.05, 4.69) is 12.2 Å². The summed E-state index contributed by atoms with van der Waals surface area (Å²) >= 11 is 0. The summed E-state index contributed by atoms with van der Waals surface area (Å²) in [6.45, 7) is 2.32. The van der Waals surface area contributed by atoms with E-state index in [1.807, 2.05) is 0 Å². The van der Waals surface area contributed by atoms with Gasteiger partial charge in [-0.2, -0.15) is 0 Å². The average molecular weight is 225 g/mol. The molecule has 3 atom stereocenters. The van der Waals surface area contributed by atoms with Crippen molar-refractivity contribution >= 4 is 0 Å². The Labute approximate surface area is 99.8 Å². The maximum absolute atomic E-state index is 9.95. The lowest BCUT2D eigenvalue weighted by Gasteiger charge is -2.35. The molecule has 2 aliphatic carbocycles. The minimum atomic E-state index is -0.0974. The molecule has 1 unspecified atom stereocenters. The van der Waals surface area contributed by atoms with Crippen molar-refractivity contribution in [2.75, 3.05) is 0 Å². The van der Waals surface area contributed by atoms with E-state index in [-0.39, 0.29) is 6.10 Å². The van der Waals surface area contributed by atoms with Gasteiger partial charge in [-0.1, -0.05) is 32.1 Å². The van der Waals surface area contributed by atoms with Crippen LogP contribution in [0, 0.1) is 5.92 Å². The lowest BCUT2D eigenvalue weighted by Crippen LogP contribution is -2.48. The molecule has 0 aromatic rings. The third kappa shape index (κ3) is 3.21. The van der Waals surface area contributed by atoms with Crippen molar-refractivity contribution in [1.82, 2.24) is 5.32 Å². The van der Waals surface area contributed by atoms with Gasteiger partial charge >= 0.3 is 0 Å². The predicted octanol–water partition coefficient (Wildman–Crippen LogP) is 2.85. The number of hydrogen-bond donors (Lipinski definition) is 2. The van der Waals surface area contributed by atoms with Gasteiger partial charge in [-0.25, -0.2) is 0 Å². The molecule has 0 aromatic carbocycles. The van der Waals surface area contributed by atoms with Gasteiger partial charge in [0.15, 0.2) is 0 Å². The number of nitrogens with one attached hydrogen (secondary N) is 1. The van der Waals surface area contributed by atoms with Crippen LogP contribution in [0.15, 0.2) is 0 Å². The molecule has 0 radical (unpaired) electrons. The summed E-state index contributed by atoms with van der Waals surface area (Å²) in [6.07, 6.45) is 11.6. The van der Waals surface area contributed by atoms with Crippen LogP contribution in [0.25, 0.3) is 0 Å². The van der Waals surface area contributed by atoms with E-state index in [4.69, 9.17) is 0 Å². The van der Waals surface area contributed by atoms with Gasteiger partial charge in [0.2, 0.25) is 0 Å². The summed E-state index contributed by atoms with van der Waals surface area (Å²) in [5.74, 6) is 0.850. The van der Waals surface area contributed by atoms with E-state index < -0.39 is 0 Å². The molecule has 94 valence electrons. The first-order chi connectivity index (χ1) is 7.77. The van der Waals surface area contributed by atoms with Crippen LogP contribution in [0.4, 0.5) is 0 Å². The molecule has 0 spiro atoms. The van der Waals surface area contributed by atoms with Gasteiger partial charge in [0, 0.05) is 12.1 Å². The molecule has 0 aliphatic heterocycles. The van der Waals surface area contributed by atoms with Crippen molar-refractivity contribution in [1.29, 1.82) is 0 Å². The first-order valence-corrected chi connectivity index (χ1v) is 7.21. The van der Waals surface area contributed by atoms with Crippen LogP contribution in [0.3, 0.4) is 0 Å². The van der Waals surface area contributed by atoms with E-state index in [1.165, 1.54) is 44.9 Å². The Kier molecular flexibility index (Phi) is 4.66. The average Bonchev–Trinajstić information content (AvgIpc) is 2.33. The Balaban J connectivity index is 1.78. The molecule has 0 bridgehead atoms. The monoisotopic (exact) mass is 225 g/mol. The Hall–Kier alpha value is -0.0800. The molecule has 0 aromatic heterocycles. The molecular formula is C14H27NO. The Morgan fingerprint density at radius 3 is 2.25 bits per heavy atom. The lowest BCUT2D eigenvalue weighted by atomic mass is 9.83. The molecule has 2 fully saturated rings. The van der Waals surface area contributed by atoms with Gasteiger partial charge in [0.1, 0.15) is 0 Å². The summed E-state index contributed by atoms with van der Waals surface area (Å²) in [5, 5.41) is 13.6. The summed E-state index contributed by atoms with van der Waals surface area (Å²) in [5.41, 5.74) is 0. The Bertz CT molecular complexity index is 201. The second-order valence-corrected chi connectivity index (χ2v) is 5.81. The SMILES string of the molecule is CC(N[C@H]1CCCC[C@@H]1O)C1CCCCC1. The minimum Gasteiger partial charge on any atom is -0.392 e. The topological polar surface area (TPSA) is 32.3 Å². The van der Waals surface area contributed by atoms with Crippen molar-refractivity contribution < 1.29 is 5.11 Å². The minimum absolute atomic E-state index is 0.0974. The van der Waals surface area contributed by atoms with Gasteiger partial charge in [0.25, 0.3) is 0 Å². The van der Waals surface area contributed by atoms with E-state index in [1.54, 1.807) is 0 Å². The molecule has 0 amide bonds. The van der Waals surface area contributed by atoms with Crippen molar-refractivity contribution in [3.05, 3.63) is 0 Å². The summed E-state index contributed by atoms with van der Waals surface area (Å²) in [4.78, 5) is 0. The van der Waals surface area contributed by atoms with E-state index in [0.29, 0.717) is 12.1 Å². The predicted molar refractivity (Wildman–Crippen MR) is 67.4 cm³/mol. The molecule has 2 rings (SSSR count). The number of aliphatic hydroxyl groups excluding tert-OH is 1. The standard InChI is InChI=1S/C14H27NO/c1-11(12-7-3-2-4-8-12)15-13-9-5-6-10-14(13)16/h11-16H,2-10H2,1H3/t11?,13-,14-/m0/s1. The van der Waals surface area contributed by atoms with Gasteiger partial charge in [-0.15, -0.1) is 0 Å². The van der Waals surface area contributed by atoms with Crippen LogP contribution in [0.2, 0.25) is 0 Å². The van der Waals surface area contributed by atoms with Crippen LogP contribution in [-0.4, -0.2) is 23.3 Å². The fraction of sp³-hybridized carbons (Fsp3) is 1.00. The highest BCUT2D eigenvalue weighted by molar-refractivity contribution is 4.85. The van der Waals surface area contributed by atoms with Crippen molar-refractivity contribution in [2.45, 2.75) is 82.9 Å². The van der Waals surface area contributed by atoms with Crippen LogP contribution >= 0.6 is 0 Å². The smallest absolute Gasteiger partial charge is 0.0693 e. The van der Waals surface area contributed by atoms with Gasteiger partial charge in [0.05, 0.1) is 6.10 Å². The quantitative estimate of drug-likeness (QED) is 0.774. The van der Waals surface area contributed by atoms with Crippen molar-refractivity contribution in [2.24, 2.45) is 5.92 Å². The highest BCUT2D eigenvalue weighted by Gasteiger charge is 2.27. The summed E-state index contributed by atoms with van der Waals surface area (Å²) in [7, 11) is 0. The molecule has 16 heavy (non-hydrogen) atoms. The van der Waals surface area contributed by atoms with Crippen molar-refractivity contribution in [3.63, 3.8) is 0 Å². The Morgan fingerprint density at radius 2 is 1.56 bits per heavy atom. The number of aliphatic hydroxyl groups is 1. The first-order valence-electron chi connectivity index (χ1n) is 7.21. The highest BCUT2D eigenvalue weighted by atomic mass is 16.3. The second-order valence-electron chi connectivity index (χ2n) is 5.81. The van der Waals surface area contributed by atoms with Gasteiger partial charge < -0.3 is 10.4 Å². The zero-order valence-electron chi connectivity index (χ0n) is 10.6. The summed E-state index contributed by atoms with van der Waals surface area (Å²) in [6, 6.07) is 0.962. The fourth-order valence-electron chi connectivity index (χ4n) is 3.41. The fourth-order valence-corrected chi connectivity index (χ4v) is 3.41. The van der Waals surface area contributed by atoms with E-state index in [9.17, 15) is 5.11 Å². The van der Waals surface area contributed by atoms with Crippen LogP contribution < -0.4 is 5.32 Å². The van der Waals surface area contributed by atoms with Gasteiger partial charge in [-0.05, 0) is 38.5 Å². The molecule has 2 saturated carbocycles. The maximum atomic E-state index is 9.95. The molecule has 0 saturated heterocycles. The van der Waals surface area contributed by atoms with Crippen LogP contribution in [-0.2, 0) is 0 Å². The molecular weight excluding hydrogens is 198 g/mol. The molecule has 2 aliphatic rings. The molecule has 2 nitrogen and oxygen atoms in total. The third-order valence-corrected chi connectivity index (χ3v) is 4.56. The lowest BCUT2D eigenvalue weighted by molar-refractivity contribution is 0.0788. The van der Waals surface area contributed by atoms with Crippen molar-refractivity contribution in [3.8, 4) is 0 Å². The van der Waals surface area contributed by atoms with Crippen LogP contribution in [0.5, 0.6) is 0 Å². The van der Waals surface area contributed by atoms with Gasteiger partial charge in [-0.3, -0.25) is 0 Å². The van der Waals surface area contributed by atoms with E-state index >= 15 is 0 Å². The maximum Gasteiger partial charge on any atom is 0.0693 e. The molecule has 2 N–H and O–H groups in total. The van der Waals surface area contributed by atoms with Crippen LogP contribution in [0.1, 0.15) is 64.7 Å². The van der Waals surface area contributed by atoms with E-state index in [0.717, 1.165) is 18.8 Å². The summed E-state index contributed by atoms with van der Waals surface area (Å²) < 4.78 is 0. The Morgan fingerprint density at radius 1 is 0.938 bits per heavy atom. The largest absolute Gasteiger partial charge is 0.392 e. The number of hydrogen-bond acceptors (Lipinski definition) is 2. The molecule has 0 heterocycles. The third-order valence-electron chi connectivity index (χ3n) is 4.56. The zero-order chi connectivity index (χ0) is 11.4. The number of rotatable bonds is 3. The first kappa shape index (κ1) is 12.4. The molecule has 2 heteroatoms.